The van der Waals surface area contributed by atoms with Gasteiger partial charge in [0, 0.05) is 5.56 Å². The van der Waals surface area contributed by atoms with E-state index in [1.807, 2.05) is 32.1 Å². The molecule has 0 saturated carbocycles. The van der Waals surface area contributed by atoms with E-state index in [0.717, 1.165) is 27.2 Å². The summed E-state index contributed by atoms with van der Waals surface area (Å²) in [5.74, 6) is -1.89. The van der Waals surface area contributed by atoms with E-state index in [2.05, 4.69) is 0 Å². The van der Waals surface area contributed by atoms with Crippen LogP contribution in [0.3, 0.4) is 0 Å². The lowest BCUT2D eigenvalue weighted by molar-refractivity contribution is -0.122. The highest BCUT2D eigenvalue weighted by atomic mass is 16.5. The number of allylic oxidation sites excluding steroid dienone is 2. The molecule has 2 aromatic rings. The number of phenols is 1. The van der Waals surface area contributed by atoms with Gasteiger partial charge >= 0.3 is 14.2 Å². The number of hydrogen-bond acceptors (Lipinski definition) is 7. The number of nitrogens with zero attached hydrogens (tertiary/aromatic N) is 1. The standard InChI is InChI=1S/C28H31B2NO7/c1-16(12-18-6-3-4-9-23(18)32)10-11-24-25-17(2)13-21-26(22(25)15-29(35)38-24)28(34)31(27(21)33)20-8-5-7-19(14-20)30(36)37/h3-9,12,14,21-22,24,26,32,35-37H,10-11,13,15H2,1-2H3/b16-12+/t21-,22+,24-,26-/m1/s1. The Morgan fingerprint density at radius 1 is 1.13 bits per heavy atom. The first kappa shape index (κ1) is 26.4. The van der Waals surface area contributed by atoms with Gasteiger partial charge in [-0.2, -0.15) is 0 Å². The average Bonchev–Trinajstić information content (AvgIpc) is 3.13. The molecule has 38 heavy (non-hydrogen) atoms. The van der Waals surface area contributed by atoms with Crippen LogP contribution in [0.4, 0.5) is 5.69 Å². The highest BCUT2D eigenvalue weighted by molar-refractivity contribution is 6.58. The number of para-hydroxylation sites is 1. The van der Waals surface area contributed by atoms with Crippen LogP contribution in [0, 0.1) is 17.8 Å². The quantitative estimate of drug-likeness (QED) is 0.264. The molecule has 10 heteroatoms. The molecule has 2 saturated heterocycles. The van der Waals surface area contributed by atoms with Crippen LogP contribution < -0.4 is 10.4 Å². The molecule has 0 unspecified atom stereocenters. The second-order valence-corrected chi connectivity index (χ2v) is 10.6. The van der Waals surface area contributed by atoms with E-state index in [1.165, 1.54) is 12.1 Å². The van der Waals surface area contributed by atoms with Gasteiger partial charge in [-0.1, -0.05) is 47.6 Å². The third-order valence-electron chi connectivity index (χ3n) is 8.02. The average molecular weight is 515 g/mol. The molecule has 2 aromatic carbocycles. The van der Waals surface area contributed by atoms with Crippen molar-refractivity contribution < 1.29 is 34.4 Å². The van der Waals surface area contributed by atoms with Crippen molar-refractivity contribution >= 4 is 43.3 Å². The van der Waals surface area contributed by atoms with Gasteiger partial charge in [-0.05, 0) is 74.6 Å². The monoisotopic (exact) mass is 515 g/mol. The first-order valence-electron chi connectivity index (χ1n) is 13.0. The van der Waals surface area contributed by atoms with Crippen molar-refractivity contribution in [1.29, 1.82) is 0 Å². The lowest BCUT2D eigenvalue weighted by Crippen LogP contribution is -2.46. The molecule has 3 aliphatic rings. The number of anilines is 1. The van der Waals surface area contributed by atoms with Gasteiger partial charge in [0.05, 0.1) is 23.6 Å². The molecule has 2 fully saturated rings. The number of fused-ring (bicyclic) bond motifs is 3. The molecule has 2 amide bonds. The minimum Gasteiger partial charge on any atom is -0.507 e. The zero-order valence-corrected chi connectivity index (χ0v) is 21.4. The van der Waals surface area contributed by atoms with Crippen LogP contribution >= 0.6 is 0 Å². The Morgan fingerprint density at radius 2 is 1.89 bits per heavy atom. The summed E-state index contributed by atoms with van der Waals surface area (Å²) >= 11 is 0. The summed E-state index contributed by atoms with van der Waals surface area (Å²) in [6.07, 6.45) is 3.47. The molecule has 2 heterocycles. The molecule has 4 atom stereocenters. The summed E-state index contributed by atoms with van der Waals surface area (Å²) in [5, 5.41) is 39.8. The lowest BCUT2D eigenvalue weighted by Gasteiger charge is -2.42. The molecule has 0 aromatic heterocycles. The van der Waals surface area contributed by atoms with Crippen LogP contribution in [0.5, 0.6) is 5.75 Å². The SMILES string of the molecule is CC1=C2[C@@H](CC/C(C)=C/c3ccccc3O)OB(O)C[C@@H]2[C@@H]2C(=O)N(c3cccc(B(O)O)c3)C(=O)[C@@H]2C1. The van der Waals surface area contributed by atoms with Gasteiger partial charge < -0.3 is 24.8 Å². The van der Waals surface area contributed by atoms with Crippen LogP contribution in [0.1, 0.15) is 38.7 Å². The predicted octanol–water partition coefficient (Wildman–Crippen LogP) is 2.28. The second kappa shape index (κ2) is 10.5. The Kier molecular flexibility index (Phi) is 7.33. The molecule has 196 valence electrons. The van der Waals surface area contributed by atoms with Gasteiger partial charge in [-0.25, -0.2) is 0 Å². The predicted molar refractivity (Wildman–Crippen MR) is 145 cm³/mol. The Balaban J connectivity index is 1.39. The largest absolute Gasteiger partial charge is 0.507 e. The maximum absolute atomic E-state index is 13.7. The highest BCUT2D eigenvalue weighted by Gasteiger charge is 2.57. The van der Waals surface area contributed by atoms with Crippen molar-refractivity contribution in [3.05, 3.63) is 70.8 Å². The Labute approximate surface area is 222 Å². The van der Waals surface area contributed by atoms with Crippen molar-refractivity contribution in [1.82, 2.24) is 0 Å². The zero-order valence-electron chi connectivity index (χ0n) is 21.4. The molecular weight excluding hydrogens is 484 g/mol. The van der Waals surface area contributed by atoms with Gasteiger partial charge in [0.15, 0.2) is 0 Å². The van der Waals surface area contributed by atoms with E-state index in [4.69, 9.17) is 4.65 Å². The van der Waals surface area contributed by atoms with E-state index < -0.39 is 26.1 Å². The van der Waals surface area contributed by atoms with E-state index in [1.54, 1.807) is 24.3 Å². The fourth-order valence-electron chi connectivity index (χ4n) is 6.31. The summed E-state index contributed by atoms with van der Waals surface area (Å²) < 4.78 is 5.97. The van der Waals surface area contributed by atoms with Crippen LogP contribution in [0.2, 0.25) is 6.32 Å². The van der Waals surface area contributed by atoms with Crippen molar-refractivity contribution in [3.8, 4) is 5.75 Å². The van der Waals surface area contributed by atoms with Crippen molar-refractivity contribution in [2.75, 3.05) is 4.90 Å². The van der Waals surface area contributed by atoms with Gasteiger partial charge in [0.2, 0.25) is 11.8 Å². The summed E-state index contributed by atoms with van der Waals surface area (Å²) in [7, 11) is -2.76. The van der Waals surface area contributed by atoms with E-state index in [9.17, 15) is 29.8 Å². The number of rotatable bonds is 6. The smallest absolute Gasteiger partial charge is 0.488 e. The second-order valence-electron chi connectivity index (χ2n) is 10.6. The van der Waals surface area contributed by atoms with Gasteiger partial charge in [0.1, 0.15) is 5.75 Å². The van der Waals surface area contributed by atoms with Crippen molar-refractivity contribution in [3.63, 3.8) is 0 Å². The number of hydrogen-bond donors (Lipinski definition) is 4. The zero-order chi connectivity index (χ0) is 27.1. The van der Waals surface area contributed by atoms with Gasteiger partial charge in [-0.3, -0.25) is 14.5 Å². The molecule has 1 aliphatic carbocycles. The molecule has 5 rings (SSSR count). The number of phenolic OH excluding ortho intramolecular Hbond substituents is 1. The van der Waals surface area contributed by atoms with Crippen LogP contribution in [-0.4, -0.2) is 52.3 Å². The molecule has 0 radical (unpaired) electrons. The number of imide groups is 1. The molecular formula is C28H31B2NO7. The lowest BCUT2D eigenvalue weighted by atomic mass is 9.59. The number of benzene rings is 2. The fourth-order valence-corrected chi connectivity index (χ4v) is 6.31. The normalized spacial score (nSPS) is 25.6. The first-order chi connectivity index (χ1) is 18.2. The van der Waals surface area contributed by atoms with Crippen LogP contribution in [-0.2, 0) is 14.2 Å². The molecule has 2 aliphatic heterocycles. The maximum Gasteiger partial charge on any atom is 0.488 e. The summed E-state index contributed by atoms with van der Waals surface area (Å²) in [4.78, 5) is 28.3. The van der Waals surface area contributed by atoms with E-state index >= 15 is 0 Å². The maximum atomic E-state index is 13.7. The van der Waals surface area contributed by atoms with Gasteiger partial charge in [-0.15, -0.1) is 0 Å². The minimum absolute atomic E-state index is 0.196. The Bertz CT molecular complexity index is 1320. The number of amides is 2. The first-order valence-corrected chi connectivity index (χ1v) is 13.0. The summed E-state index contributed by atoms with van der Waals surface area (Å²) in [5.41, 5.74) is 4.29. The molecule has 8 nitrogen and oxygen atoms in total. The number of aromatic hydroxyl groups is 1. The van der Waals surface area contributed by atoms with Crippen molar-refractivity contribution in [2.45, 2.75) is 45.5 Å². The Hall–Kier alpha value is -3.17. The summed E-state index contributed by atoms with van der Waals surface area (Å²) in [6, 6.07) is 13.3. The number of carbonyl (C=O) groups is 2. The van der Waals surface area contributed by atoms with Crippen LogP contribution in [0.15, 0.2) is 65.3 Å². The van der Waals surface area contributed by atoms with Crippen LogP contribution in [0.25, 0.3) is 6.08 Å². The summed E-state index contributed by atoms with van der Waals surface area (Å²) in [6.45, 7) is 3.95. The van der Waals surface area contributed by atoms with Crippen molar-refractivity contribution in [2.24, 2.45) is 17.8 Å². The van der Waals surface area contributed by atoms with Gasteiger partial charge in [0.25, 0.3) is 0 Å². The topological polar surface area (TPSA) is 128 Å². The third-order valence-corrected chi connectivity index (χ3v) is 8.02. The molecule has 0 spiro atoms. The van der Waals surface area contributed by atoms with E-state index in [0.29, 0.717) is 24.9 Å². The highest BCUT2D eigenvalue weighted by Crippen LogP contribution is 2.51. The third kappa shape index (κ3) is 4.85. The molecule has 4 N–H and O–H groups in total. The Morgan fingerprint density at radius 3 is 2.63 bits per heavy atom. The molecule has 0 bridgehead atoms. The fraction of sp³-hybridized carbons (Fsp3) is 0.357. The minimum atomic E-state index is -1.71. The van der Waals surface area contributed by atoms with E-state index in [-0.39, 0.29) is 41.4 Å². The number of carbonyl (C=O) groups excluding carboxylic acids is 2.